The van der Waals surface area contributed by atoms with E-state index in [0.717, 1.165) is 12.8 Å². The highest BCUT2D eigenvalue weighted by Gasteiger charge is 2.66. The Balaban J connectivity index is 2.00. The molecule has 2 aliphatic carbocycles. The summed E-state index contributed by atoms with van der Waals surface area (Å²) < 4.78 is 0. The van der Waals surface area contributed by atoms with Gasteiger partial charge in [-0.3, -0.25) is 9.59 Å². The number of carboxylic acid groups (broad SMARTS) is 1. The zero-order valence-corrected chi connectivity index (χ0v) is 9.33. The van der Waals surface area contributed by atoms with Gasteiger partial charge in [0.05, 0.1) is 11.8 Å². The second-order valence-corrected chi connectivity index (χ2v) is 5.66. The number of amides is 1. The van der Waals surface area contributed by atoms with E-state index >= 15 is 0 Å². The third-order valence-corrected chi connectivity index (χ3v) is 3.80. The van der Waals surface area contributed by atoms with E-state index < -0.39 is 11.9 Å². The highest BCUT2D eigenvalue weighted by atomic mass is 16.4. The van der Waals surface area contributed by atoms with E-state index in [1.165, 1.54) is 0 Å². The fourth-order valence-electron chi connectivity index (χ4n) is 2.28. The summed E-state index contributed by atoms with van der Waals surface area (Å²) in [6.45, 7) is 5.67. The van der Waals surface area contributed by atoms with Crippen LogP contribution < -0.4 is 5.32 Å². The van der Waals surface area contributed by atoms with E-state index in [-0.39, 0.29) is 22.8 Å². The van der Waals surface area contributed by atoms with Crippen LogP contribution in [0, 0.1) is 17.3 Å². The van der Waals surface area contributed by atoms with Gasteiger partial charge in [-0.1, -0.05) is 13.8 Å². The predicted molar refractivity (Wildman–Crippen MR) is 54.2 cm³/mol. The maximum Gasteiger partial charge on any atom is 0.307 e. The molecule has 0 saturated heterocycles. The molecule has 0 aromatic rings. The second-order valence-electron chi connectivity index (χ2n) is 5.66. The van der Waals surface area contributed by atoms with Crippen molar-refractivity contribution in [2.24, 2.45) is 17.3 Å². The standard InChI is InChI=1S/C11H17NO3/c1-10(2)6(7(10)9(14)15)8(13)12-11(3)4-5-11/h6-7H,4-5H2,1-3H3,(H,12,13)(H,14,15)/t6-,7+/m1/s1. The van der Waals surface area contributed by atoms with Crippen LogP contribution in [0.4, 0.5) is 0 Å². The quantitative estimate of drug-likeness (QED) is 0.732. The number of carboxylic acids is 1. The number of carbonyl (C=O) groups is 2. The van der Waals surface area contributed by atoms with Gasteiger partial charge in [0.1, 0.15) is 0 Å². The van der Waals surface area contributed by atoms with Crippen molar-refractivity contribution in [1.29, 1.82) is 0 Å². The van der Waals surface area contributed by atoms with Gasteiger partial charge in [0, 0.05) is 5.54 Å². The maximum atomic E-state index is 11.8. The second kappa shape index (κ2) is 2.74. The van der Waals surface area contributed by atoms with Gasteiger partial charge < -0.3 is 10.4 Å². The third-order valence-electron chi connectivity index (χ3n) is 3.80. The molecular formula is C11H17NO3. The molecule has 0 aromatic carbocycles. The predicted octanol–water partition coefficient (Wildman–Crippen LogP) is 1.01. The first-order valence-corrected chi connectivity index (χ1v) is 5.33. The number of carbonyl (C=O) groups excluding carboxylic acids is 1. The Morgan fingerprint density at radius 2 is 1.73 bits per heavy atom. The molecule has 2 atom stereocenters. The van der Waals surface area contributed by atoms with Crippen molar-refractivity contribution in [1.82, 2.24) is 5.32 Å². The Morgan fingerprint density at radius 1 is 1.20 bits per heavy atom. The number of hydrogen-bond acceptors (Lipinski definition) is 2. The van der Waals surface area contributed by atoms with E-state index in [1.54, 1.807) is 0 Å². The maximum absolute atomic E-state index is 11.8. The van der Waals surface area contributed by atoms with Crippen LogP contribution in [0.2, 0.25) is 0 Å². The molecule has 4 nitrogen and oxygen atoms in total. The van der Waals surface area contributed by atoms with Crippen molar-refractivity contribution in [3.05, 3.63) is 0 Å². The summed E-state index contributed by atoms with van der Waals surface area (Å²) in [5, 5.41) is 11.9. The molecule has 84 valence electrons. The van der Waals surface area contributed by atoms with Crippen LogP contribution in [0.5, 0.6) is 0 Å². The molecule has 0 spiro atoms. The van der Waals surface area contributed by atoms with Crippen molar-refractivity contribution in [3.63, 3.8) is 0 Å². The molecule has 1 amide bonds. The van der Waals surface area contributed by atoms with Crippen LogP contribution in [0.1, 0.15) is 33.6 Å². The van der Waals surface area contributed by atoms with Gasteiger partial charge in [0.25, 0.3) is 0 Å². The minimum absolute atomic E-state index is 0.0567. The molecule has 4 heteroatoms. The van der Waals surface area contributed by atoms with Crippen molar-refractivity contribution in [2.45, 2.75) is 39.2 Å². The lowest BCUT2D eigenvalue weighted by Gasteiger charge is -2.11. The Hall–Kier alpha value is -1.06. The van der Waals surface area contributed by atoms with E-state index in [1.807, 2.05) is 20.8 Å². The molecule has 2 rings (SSSR count). The minimum atomic E-state index is -0.860. The van der Waals surface area contributed by atoms with Gasteiger partial charge >= 0.3 is 5.97 Å². The zero-order valence-electron chi connectivity index (χ0n) is 9.33. The summed E-state index contributed by atoms with van der Waals surface area (Å²) in [6.07, 6.45) is 2.01. The molecular weight excluding hydrogens is 194 g/mol. The summed E-state index contributed by atoms with van der Waals surface area (Å²) in [4.78, 5) is 22.7. The Bertz CT molecular complexity index is 331. The van der Waals surface area contributed by atoms with Gasteiger partial charge in [-0.25, -0.2) is 0 Å². The highest BCUT2D eigenvalue weighted by molar-refractivity contribution is 5.92. The summed E-state index contributed by atoms with van der Waals surface area (Å²) in [5.74, 6) is -1.82. The SMILES string of the molecule is CC1(NC(=O)[C@H]2[C@@H](C(=O)O)C2(C)C)CC1. The molecule has 0 bridgehead atoms. The van der Waals surface area contributed by atoms with Crippen molar-refractivity contribution < 1.29 is 14.7 Å². The highest BCUT2D eigenvalue weighted by Crippen LogP contribution is 2.58. The lowest BCUT2D eigenvalue weighted by molar-refractivity contribution is -0.140. The third kappa shape index (κ3) is 1.62. The summed E-state index contributed by atoms with van der Waals surface area (Å²) in [6, 6.07) is 0. The molecule has 2 aliphatic rings. The van der Waals surface area contributed by atoms with Crippen LogP contribution in [0.15, 0.2) is 0 Å². The Kier molecular flexibility index (Phi) is 1.91. The fourth-order valence-corrected chi connectivity index (χ4v) is 2.28. The van der Waals surface area contributed by atoms with Crippen molar-refractivity contribution >= 4 is 11.9 Å². The van der Waals surface area contributed by atoms with Crippen LogP contribution in [0.3, 0.4) is 0 Å². The largest absolute Gasteiger partial charge is 0.481 e. The summed E-state index contributed by atoms with van der Waals surface area (Å²) in [5.41, 5.74) is -0.444. The normalized spacial score (nSPS) is 34.3. The summed E-state index contributed by atoms with van der Waals surface area (Å²) in [7, 11) is 0. The van der Waals surface area contributed by atoms with Crippen molar-refractivity contribution in [2.75, 3.05) is 0 Å². The van der Waals surface area contributed by atoms with E-state index in [9.17, 15) is 9.59 Å². The van der Waals surface area contributed by atoms with Gasteiger partial charge in [-0.15, -0.1) is 0 Å². The first kappa shape index (κ1) is 10.5. The average molecular weight is 211 g/mol. The van der Waals surface area contributed by atoms with Crippen LogP contribution >= 0.6 is 0 Å². The number of rotatable bonds is 3. The van der Waals surface area contributed by atoms with Gasteiger partial charge in [0.2, 0.25) is 5.91 Å². The molecule has 2 fully saturated rings. The average Bonchev–Trinajstić information content (AvgIpc) is 2.89. The molecule has 2 N–H and O–H groups in total. The van der Waals surface area contributed by atoms with E-state index in [0.29, 0.717) is 0 Å². The monoisotopic (exact) mass is 211 g/mol. The van der Waals surface area contributed by atoms with E-state index in [2.05, 4.69) is 5.32 Å². The molecule has 0 heterocycles. The molecule has 15 heavy (non-hydrogen) atoms. The molecule has 0 aromatic heterocycles. The van der Waals surface area contributed by atoms with Gasteiger partial charge in [0.15, 0.2) is 0 Å². The van der Waals surface area contributed by atoms with Crippen molar-refractivity contribution in [3.8, 4) is 0 Å². The molecule has 0 unspecified atom stereocenters. The first-order chi connectivity index (χ1) is 6.78. The topological polar surface area (TPSA) is 66.4 Å². The molecule has 2 saturated carbocycles. The minimum Gasteiger partial charge on any atom is -0.481 e. The lowest BCUT2D eigenvalue weighted by Crippen LogP contribution is -2.36. The number of hydrogen-bond donors (Lipinski definition) is 2. The first-order valence-electron chi connectivity index (χ1n) is 5.33. The lowest BCUT2D eigenvalue weighted by atomic mass is 10.1. The summed E-state index contributed by atoms with van der Waals surface area (Å²) >= 11 is 0. The smallest absolute Gasteiger partial charge is 0.307 e. The molecule has 0 radical (unpaired) electrons. The number of aliphatic carboxylic acids is 1. The molecule has 0 aliphatic heterocycles. The Morgan fingerprint density at radius 3 is 2.07 bits per heavy atom. The van der Waals surface area contributed by atoms with Gasteiger partial charge in [-0.2, -0.15) is 0 Å². The number of nitrogens with one attached hydrogen (secondary N) is 1. The fraction of sp³-hybridized carbons (Fsp3) is 0.818. The zero-order chi connectivity index (χ0) is 11.4. The van der Waals surface area contributed by atoms with Crippen LogP contribution in [0.25, 0.3) is 0 Å². The Labute approximate surface area is 89.0 Å². The van der Waals surface area contributed by atoms with Gasteiger partial charge in [-0.05, 0) is 25.2 Å². The van der Waals surface area contributed by atoms with Crippen LogP contribution in [-0.2, 0) is 9.59 Å². The van der Waals surface area contributed by atoms with Crippen LogP contribution in [-0.4, -0.2) is 22.5 Å². The van der Waals surface area contributed by atoms with E-state index in [4.69, 9.17) is 5.11 Å².